The third-order valence-electron chi connectivity index (χ3n) is 3.47. The molecule has 0 aliphatic carbocycles. The van der Waals surface area contributed by atoms with Crippen LogP contribution in [0.2, 0.25) is 0 Å². The van der Waals surface area contributed by atoms with Crippen LogP contribution in [0, 0.1) is 0 Å². The first-order valence-electron chi connectivity index (χ1n) is 6.58. The molecule has 2 aliphatic heterocycles. The molecule has 0 radical (unpaired) electrons. The van der Waals surface area contributed by atoms with Crippen LogP contribution in [0.3, 0.4) is 0 Å². The zero-order chi connectivity index (χ0) is 12.8. The fourth-order valence-corrected chi connectivity index (χ4v) is 2.32. The summed E-state index contributed by atoms with van der Waals surface area (Å²) in [4.78, 5) is 26.1. The molecule has 0 aromatic carbocycles. The molecule has 1 N–H and O–H groups in total. The number of amides is 2. The summed E-state index contributed by atoms with van der Waals surface area (Å²) in [6, 6.07) is 0. The molecule has 0 aromatic rings. The number of ether oxygens (including phenoxy) is 1. The predicted octanol–water partition coefficient (Wildman–Crippen LogP) is -0.944. The molecule has 2 amide bonds. The second kappa shape index (κ2) is 6.70. The van der Waals surface area contributed by atoms with Crippen molar-refractivity contribution >= 4 is 12.3 Å². The Bertz CT molecular complexity index is 284. The minimum absolute atomic E-state index is 0.0463. The molecule has 6 nitrogen and oxygen atoms in total. The van der Waals surface area contributed by atoms with E-state index in [-0.39, 0.29) is 12.0 Å². The van der Waals surface area contributed by atoms with Crippen molar-refractivity contribution < 1.29 is 14.3 Å². The van der Waals surface area contributed by atoms with Crippen molar-refractivity contribution in [3.63, 3.8) is 0 Å². The van der Waals surface area contributed by atoms with Crippen LogP contribution < -0.4 is 5.32 Å². The quantitative estimate of drug-likeness (QED) is 0.644. The molecule has 2 rings (SSSR count). The molecule has 1 atom stereocenters. The van der Waals surface area contributed by atoms with Gasteiger partial charge in [0.05, 0.1) is 12.6 Å². The minimum Gasteiger partial charge on any atom is -0.376 e. The first-order chi connectivity index (χ1) is 8.78. The summed E-state index contributed by atoms with van der Waals surface area (Å²) in [6.45, 7) is 4.81. The maximum atomic E-state index is 11.7. The van der Waals surface area contributed by atoms with E-state index in [0.29, 0.717) is 26.2 Å². The maximum absolute atomic E-state index is 11.7. The Morgan fingerprint density at radius 2 is 2.11 bits per heavy atom. The van der Waals surface area contributed by atoms with E-state index in [9.17, 15) is 9.59 Å². The van der Waals surface area contributed by atoms with Crippen LogP contribution in [0.15, 0.2) is 0 Å². The molecule has 2 saturated heterocycles. The fraction of sp³-hybridized carbons (Fsp3) is 0.833. The Morgan fingerprint density at radius 3 is 2.72 bits per heavy atom. The van der Waals surface area contributed by atoms with Crippen molar-refractivity contribution in [2.45, 2.75) is 18.9 Å². The molecule has 102 valence electrons. The lowest BCUT2D eigenvalue weighted by Gasteiger charge is -2.31. The second-order valence-corrected chi connectivity index (χ2v) is 4.86. The smallest absolute Gasteiger partial charge is 0.234 e. The van der Waals surface area contributed by atoms with Crippen molar-refractivity contribution in [1.82, 2.24) is 15.1 Å². The highest BCUT2D eigenvalue weighted by Gasteiger charge is 2.19. The number of rotatable bonds is 5. The van der Waals surface area contributed by atoms with Gasteiger partial charge in [0, 0.05) is 39.3 Å². The largest absolute Gasteiger partial charge is 0.376 e. The summed E-state index contributed by atoms with van der Waals surface area (Å²) in [7, 11) is 0. The second-order valence-electron chi connectivity index (χ2n) is 4.86. The summed E-state index contributed by atoms with van der Waals surface area (Å²) < 4.78 is 5.45. The molecule has 1 unspecified atom stereocenters. The van der Waals surface area contributed by atoms with E-state index < -0.39 is 0 Å². The zero-order valence-electron chi connectivity index (χ0n) is 10.6. The average Bonchev–Trinajstić information content (AvgIpc) is 2.90. The van der Waals surface area contributed by atoms with Gasteiger partial charge >= 0.3 is 0 Å². The SMILES string of the molecule is O=CN1CCN(CC(=O)NCC2CCCO2)CC1. The molecule has 0 aromatic heterocycles. The Hall–Kier alpha value is -1.14. The standard InChI is InChI=1S/C12H21N3O3/c16-10-15-5-3-14(4-6-15)9-12(17)13-8-11-2-1-7-18-11/h10-11H,1-9H2,(H,13,17). The first-order valence-corrected chi connectivity index (χ1v) is 6.58. The van der Waals surface area contributed by atoms with Crippen LogP contribution in [-0.2, 0) is 14.3 Å². The zero-order valence-corrected chi connectivity index (χ0v) is 10.6. The predicted molar refractivity (Wildman–Crippen MR) is 66.1 cm³/mol. The molecule has 0 bridgehead atoms. The number of carbonyl (C=O) groups is 2. The van der Waals surface area contributed by atoms with Crippen molar-refractivity contribution in [2.75, 3.05) is 45.9 Å². The van der Waals surface area contributed by atoms with E-state index in [1.807, 2.05) is 0 Å². The van der Waals surface area contributed by atoms with Gasteiger partial charge in [0.1, 0.15) is 0 Å². The lowest BCUT2D eigenvalue weighted by atomic mass is 10.2. The van der Waals surface area contributed by atoms with Crippen LogP contribution in [0.5, 0.6) is 0 Å². The fourth-order valence-electron chi connectivity index (χ4n) is 2.32. The van der Waals surface area contributed by atoms with Gasteiger partial charge in [0.25, 0.3) is 0 Å². The first kappa shape index (κ1) is 13.3. The summed E-state index contributed by atoms with van der Waals surface area (Å²) in [5, 5.41) is 2.91. The summed E-state index contributed by atoms with van der Waals surface area (Å²) >= 11 is 0. The van der Waals surface area contributed by atoms with Crippen LogP contribution >= 0.6 is 0 Å². The normalized spacial score (nSPS) is 25.1. The maximum Gasteiger partial charge on any atom is 0.234 e. The number of carbonyl (C=O) groups excluding carboxylic acids is 2. The summed E-state index contributed by atoms with van der Waals surface area (Å²) in [6.07, 6.45) is 3.20. The minimum atomic E-state index is 0.0463. The summed E-state index contributed by atoms with van der Waals surface area (Å²) in [5.41, 5.74) is 0. The molecule has 18 heavy (non-hydrogen) atoms. The lowest BCUT2D eigenvalue weighted by Crippen LogP contribution is -2.49. The molecular formula is C12H21N3O3. The van der Waals surface area contributed by atoms with E-state index in [2.05, 4.69) is 10.2 Å². The number of piperazine rings is 1. The van der Waals surface area contributed by atoms with Gasteiger partial charge < -0.3 is 15.0 Å². The molecule has 2 heterocycles. The average molecular weight is 255 g/mol. The van der Waals surface area contributed by atoms with E-state index in [1.54, 1.807) is 4.90 Å². The van der Waals surface area contributed by atoms with Crippen LogP contribution in [0.25, 0.3) is 0 Å². The number of nitrogens with zero attached hydrogens (tertiary/aromatic N) is 2. The molecule has 6 heteroatoms. The Balaban J connectivity index is 1.60. The van der Waals surface area contributed by atoms with Gasteiger partial charge in [-0.25, -0.2) is 0 Å². The van der Waals surface area contributed by atoms with Crippen molar-refractivity contribution in [3.8, 4) is 0 Å². The van der Waals surface area contributed by atoms with Crippen molar-refractivity contribution in [3.05, 3.63) is 0 Å². The van der Waals surface area contributed by atoms with Crippen LogP contribution in [0.4, 0.5) is 0 Å². The van der Waals surface area contributed by atoms with Crippen LogP contribution in [-0.4, -0.2) is 74.1 Å². The number of nitrogens with one attached hydrogen (secondary N) is 1. The van der Waals surface area contributed by atoms with Crippen molar-refractivity contribution in [2.24, 2.45) is 0 Å². The molecule has 0 spiro atoms. The van der Waals surface area contributed by atoms with Gasteiger partial charge in [0.2, 0.25) is 12.3 Å². The van der Waals surface area contributed by atoms with E-state index in [0.717, 1.165) is 38.9 Å². The molecule has 2 aliphatic rings. The molecule has 0 saturated carbocycles. The molecular weight excluding hydrogens is 234 g/mol. The van der Waals surface area contributed by atoms with Gasteiger partial charge in [-0.15, -0.1) is 0 Å². The van der Waals surface area contributed by atoms with E-state index in [4.69, 9.17) is 4.74 Å². The highest BCUT2D eigenvalue weighted by atomic mass is 16.5. The van der Waals surface area contributed by atoms with E-state index >= 15 is 0 Å². The van der Waals surface area contributed by atoms with Gasteiger partial charge in [0.15, 0.2) is 0 Å². The third kappa shape index (κ3) is 3.96. The van der Waals surface area contributed by atoms with Gasteiger partial charge in [-0.1, -0.05) is 0 Å². The Morgan fingerprint density at radius 1 is 1.33 bits per heavy atom. The number of hydrogen-bond donors (Lipinski definition) is 1. The van der Waals surface area contributed by atoms with Gasteiger partial charge in [-0.2, -0.15) is 0 Å². The number of hydrogen-bond acceptors (Lipinski definition) is 4. The van der Waals surface area contributed by atoms with E-state index in [1.165, 1.54) is 0 Å². The highest BCUT2D eigenvalue weighted by Crippen LogP contribution is 2.10. The Kier molecular flexibility index (Phi) is 4.95. The van der Waals surface area contributed by atoms with Crippen molar-refractivity contribution in [1.29, 1.82) is 0 Å². The Labute approximate surface area is 107 Å². The summed E-state index contributed by atoms with van der Waals surface area (Å²) in [5.74, 6) is 0.0463. The molecule has 2 fully saturated rings. The van der Waals surface area contributed by atoms with Crippen LogP contribution in [0.1, 0.15) is 12.8 Å². The highest BCUT2D eigenvalue weighted by molar-refractivity contribution is 5.78. The lowest BCUT2D eigenvalue weighted by molar-refractivity contribution is -0.124. The van der Waals surface area contributed by atoms with Gasteiger partial charge in [-0.05, 0) is 12.8 Å². The third-order valence-corrected chi connectivity index (χ3v) is 3.47. The monoisotopic (exact) mass is 255 g/mol. The van der Waals surface area contributed by atoms with Gasteiger partial charge in [-0.3, -0.25) is 14.5 Å². The topological polar surface area (TPSA) is 61.9 Å².